The Morgan fingerprint density at radius 2 is 2.00 bits per heavy atom. The van der Waals surface area contributed by atoms with Crippen LogP contribution in [0.3, 0.4) is 0 Å². The highest BCUT2D eigenvalue weighted by atomic mass is 35.5. The average molecular weight is 341 g/mol. The first-order chi connectivity index (χ1) is 10.5. The van der Waals surface area contributed by atoms with Crippen molar-refractivity contribution in [1.82, 2.24) is 0 Å². The number of hydrogen-bond acceptors (Lipinski definition) is 3. The average Bonchev–Trinajstić information content (AvgIpc) is 2.46. The van der Waals surface area contributed by atoms with Crippen molar-refractivity contribution in [1.29, 1.82) is 0 Å². The van der Waals surface area contributed by atoms with E-state index in [1.54, 1.807) is 0 Å². The first kappa shape index (κ1) is 17.7. The van der Waals surface area contributed by atoms with E-state index in [-0.39, 0.29) is 12.1 Å². The Hall–Kier alpha value is -0.670. The Bertz CT molecular complexity index is 486. The van der Waals surface area contributed by atoms with Gasteiger partial charge in [0.05, 0.1) is 5.75 Å². The van der Waals surface area contributed by atoms with Crippen LogP contribution in [0.4, 0.5) is 0 Å². The third kappa shape index (κ3) is 5.20. The van der Waals surface area contributed by atoms with Crippen LogP contribution in [0.25, 0.3) is 0 Å². The molecule has 0 amide bonds. The van der Waals surface area contributed by atoms with Gasteiger partial charge in [-0.25, -0.2) is 0 Å². The number of hydrogen-bond donors (Lipinski definition) is 0. The lowest BCUT2D eigenvalue weighted by Crippen LogP contribution is -2.36. The smallest absolute Gasteiger partial charge is 0.316 e. The molecule has 2 nitrogen and oxygen atoms in total. The summed E-state index contributed by atoms with van der Waals surface area (Å²) >= 11 is 7.36. The van der Waals surface area contributed by atoms with E-state index in [0.29, 0.717) is 28.5 Å². The van der Waals surface area contributed by atoms with E-state index in [0.717, 1.165) is 11.3 Å². The molecule has 4 heteroatoms. The zero-order valence-corrected chi connectivity index (χ0v) is 15.1. The molecule has 0 N–H and O–H groups in total. The summed E-state index contributed by atoms with van der Waals surface area (Å²) in [7, 11) is 0. The van der Waals surface area contributed by atoms with Crippen LogP contribution in [-0.4, -0.2) is 17.8 Å². The molecule has 1 aliphatic rings. The maximum atomic E-state index is 12.2. The van der Waals surface area contributed by atoms with E-state index in [1.807, 2.05) is 24.3 Å². The van der Waals surface area contributed by atoms with Crippen molar-refractivity contribution in [2.24, 2.45) is 17.8 Å². The van der Waals surface area contributed by atoms with Gasteiger partial charge in [-0.15, -0.1) is 11.8 Å². The third-order valence-corrected chi connectivity index (χ3v) is 5.65. The molecule has 0 radical (unpaired) electrons. The van der Waals surface area contributed by atoms with Gasteiger partial charge in [-0.05, 0) is 54.9 Å². The third-order valence-electron chi connectivity index (χ3n) is 4.41. The summed E-state index contributed by atoms with van der Waals surface area (Å²) in [5.41, 5.74) is 0. The molecule has 122 valence electrons. The van der Waals surface area contributed by atoms with Crippen molar-refractivity contribution in [2.45, 2.75) is 51.0 Å². The Morgan fingerprint density at radius 1 is 1.32 bits per heavy atom. The Morgan fingerprint density at radius 3 is 2.64 bits per heavy atom. The first-order valence-corrected chi connectivity index (χ1v) is 9.40. The minimum absolute atomic E-state index is 0.0852. The van der Waals surface area contributed by atoms with E-state index in [4.69, 9.17) is 16.3 Å². The SMILES string of the molecule is CC(C)[C@@H]1CC[C@H](C)C[C@H]1OC(=O)CSc1ccc(Cl)cc1. The largest absolute Gasteiger partial charge is 0.461 e. The fraction of sp³-hybridized carbons (Fsp3) is 0.611. The van der Waals surface area contributed by atoms with Crippen LogP contribution in [-0.2, 0) is 9.53 Å². The second kappa shape index (κ2) is 8.26. The van der Waals surface area contributed by atoms with Gasteiger partial charge in [0.2, 0.25) is 0 Å². The molecule has 3 atom stereocenters. The molecule has 0 bridgehead atoms. The van der Waals surface area contributed by atoms with E-state index in [9.17, 15) is 4.79 Å². The number of benzene rings is 1. The fourth-order valence-electron chi connectivity index (χ4n) is 3.13. The Balaban J connectivity index is 1.85. The standard InChI is InChI=1S/C18H25ClO2S/c1-12(2)16-9-4-13(3)10-17(16)21-18(20)11-22-15-7-5-14(19)6-8-15/h5-8,12-13,16-17H,4,9-11H2,1-3H3/t13-,16-,17+/m0/s1. The van der Waals surface area contributed by atoms with Gasteiger partial charge in [0.15, 0.2) is 0 Å². The number of esters is 1. The summed E-state index contributed by atoms with van der Waals surface area (Å²) in [5, 5.41) is 0.711. The number of carbonyl (C=O) groups is 1. The summed E-state index contributed by atoms with van der Waals surface area (Å²) in [6.45, 7) is 6.70. The van der Waals surface area contributed by atoms with Crippen LogP contribution in [0, 0.1) is 17.8 Å². The number of carbonyl (C=O) groups excluding carboxylic acids is 1. The monoisotopic (exact) mass is 340 g/mol. The van der Waals surface area contributed by atoms with Gasteiger partial charge in [-0.1, -0.05) is 38.8 Å². The maximum Gasteiger partial charge on any atom is 0.316 e. The zero-order valence-electron chi connectivity index (χ0n) is 13.5. The lowest BCUT2D eigenvalue weighted by Gasteiger charge is -2.36. The molecular formula is C18H25ClO2S. The highest BCUT2D eigenvalue weighted by molar-refractivity contribution is 8.00. The normalized spacial score (nSPS) is 25.2. The maximum absolute atomic E-state index is 12.2. The second-order valence-corrected chi connectivity index (χ2v) is 8.08. The second-order valence-electron chi connectivity index (χ2n) is 6.60. The highest BCUT2D eigenvalue weighted by Crippen LogP contribution is 2.35. The van der Waals surface area contributed by atoms with Gasteiger partial charge >= 0.3 is 5.97 Å². The molecule has 1 fully saturated rings. The molecule has 0 aliphatic heterocycles. The van der Waals surface area contributed by atoms with Crippen LogP contribution in [0.2, 0.25) is 5.02 Å². The molecule has 1 aromatic rings. The van der Waals surface area contributed by atoms with E-state index in [2.05, 4.69) is 20.8 Å². The number of halogens is 1. The summed E-state index contributed by atoms with van der Waals surface area (Å²) in [5.74, 6) is 1.97. The number of thioether (sulfide) groups is 1. The van der Waals surface area contributed by atoms with E-state index < -0.39 is 0 Å². The van der Waals surface area contributed by atoms with Crippen LogP contribution < -0.4 is 0 Å². The summed E-state index contributed by atoms with van der Waals surface area (Å²) in [4.78, 5) is 13.2. The van der Waals surface area contributed by atoms with Crippen LogP contribution in [0.5, 0.6) is 0 Å². The number of rotatable bonds is 5. The van der Waals surface area contributed by atoms with Crippen molar-refractivity contribution in [3.8, 4) is 0 Å². The van der Waals surface area contributed by atoms with Crippen molar-refractivity contribution >= 4 is 29.3 Å². The number of ether oxygens (including phenoxy) is 1. The fourth-order valence-corrected chi connectivity index (χ4v) is 3.93. The van der Waals surface area contributed by atoms with Crippen LogP contribution in [0.1, 0.15) is 40.0 Å². The molecule has 0 unspecified atom stereocenters. The van der Waals surface area contributed by atoms with E-state index in [1.165, 1.54) is 24.6 Å². The topological polar surface area (TPSA) is 26.3 Å². The molecule has 0 saturated heterocycles. The van der Waals surface area contributed by atoms with Crippen molar-refractivity contribution in [3.05, 3.63) is 29.3 Å². The Kier molecular flexibility index (Phi) is 6.64. The minimum Gasteiger partial charge on any atom is -0.461 e. The molecule has 1 saturated carbocycles. The molecule has 22 heavy (non-hydrogen) atoms. The molecule has 1 aliphatic carbocycles. The van der Waals surface area contributed by atoms with Gasteiger partial charge in [0.1, 0.15) is 6.10 Å². The highest BCUT2D eigenvalue weighted by Gasteiger charge is 2.33. The molecule has 0 heterocycles. The van der Waals surface area contributed by atoms with Crippen molar-refractivity contribution < 1.29 is 9.53 Å². The molecule has 2 rings (SSSR count). The summed E-state index contributed by atoms with van der Waals surface area (Å²) in [6.07, 6.45) is 3.50. The zero-order chi connectivity index (χ0) is 16.1. The lowest BCUT2D eigenvalue weighted by atomic mass is 9.75. The van der Waals surface area contributed by atoms with Gasteiger partial charge < -0.3 is 4.74 Å². The van der Waals surface area contributed by atoms with Gasteiger partial charge in [-0.2, -0.15) is 0 Å². The van der Waals surface area contributed by atoms with Gasteiger partial charge in [-0.3, -0.25) is 4.79 Å². The first-order valence-electron chi connectivity index (χ1n) is 8.03. The van der Waals surface area contributed by atoms with Gasteiger partial charge in [0, 0.05) is 9.92 Å². The molecule has 0 spiro atoms. The summed E-state index contributed by atoms with van der Waals surface area (Å²) < 4.78 is 5.80. The molecule has 0 aromatic heterocycles. The Labute approximate surface area is 143 Å². The van der Waals surface area contributed by atoms with Crippen LogP contribution >= 0.6 is 23.4 Å². The predicted octanol–water partition coefficient (Wildman–Crippen LogP) is 5.44. The molecular weight excluding hydrogens is 316 g/mol. The van der Waals surface area contributed by atoms with Crippen LogP contribution in [0.15, 0.2) is 29.2 Å². The van der Waals surface area contributed by atoms with Gasteiger partial charge in [0.25, 0.3) is 0 Å². The van der Waals surface area contributed by atoms with E-state index >= 15 is 0 Å². The van der Waals surface area contributed by atoms with Crippen molar-refractivity contribution in [3.63, 3.8) is 0 Å². The van der Waals surface area contributed by atoms with Crippen molar-refractivity contribution in [2.75, 3.05) is 5.75 Å². The minimum atomic E-state index is -0.107. The quantitative estimate of drug-likeness (QED) is 0.527. The summed E-state index contributed by atoms with van der Waals surface area (Å²) in [6, 6.07) is 7.54. The lowest BCUT2D eigenvalue weighted by molar-refractivity contribution is -0.152. The predicted molar refractivity (Wildman–Crippen MR) is 93.4 cm³/mol. The molecule has 1 aromatic carbocycles.